The Bertz CT molecular complexity index is 1280. The van der Waals surface area contributed by atoms with E-state index in [4.69, 9.17) is 14.2 Å². The minimum Gasteiger partial charge on any atom is -0.508 e. The Kier molecular flexibility index (Phi) is 7.36. The molecule has 0 amide bonds. The number of methoxy groups -OCH3 is 3. The maximum absolute atomic E-state index is 9.72. The summed E-state index contributed by atoms with van der Waals surface area (Å²) in [6, 6.07) is 21.5. The quantitative estimate of drug-likeness (QED) is 0.384. The van der Waals surface area contributed by atoms with Crippen LogP contribution in [-0.4, -0.2) is 26.4 Å². The van der Waals surface area contributed by atoms with Gasteiger partial charge in [-0.15, -0.1) is 0 Å². The van der Waals surface area contributed by atoms with E-state index in [-0.39, 0.29) is 5.75 Å². The van der Waals surface area contributed by atoms with Gasteiger partial charge in [0.2, 0.25) is 0 Å². The maximum atomic E-state index is 9.72. The van der Waals surface area contributed by atoms with Gasteiger partial charge in [0.15, 0.2) is 0 Å². The van der Waals surface area contributed by atoms with Crippen molar-refractivity contribution in [1.82, 2.24) is 0 Å². The van der Waals surface area contributed by atoms with E-state index < -0.39 is 0 Å². The highest BCUT2D eigenvalue weighted by molar-refractivity contribution is 5.93. The molecule has 0 radical (unpaired) electrons. The SMILES string of the molecule is COc1ccc(/C(C#N)=C/c2cc(OC)c(/C=C(\C#N)c3ccc(O)cc3)cc2OC)cc1. The molecule has 1 N–H and O–H groups in total. The third kappa shape index (κ3) is 5.33. The number of ether oxygens (including phenoxy) is 3. The molecule has 0 aliphatic heterocycles. The molecule has 0 saturated heterocycles. The van der Waals surface area contributed by atoms with Gasteiger partial charge in [0.05, 0.1) is 44.6 Å². The number of phenolic OH excluding ortho intramolecular Hbond substituents is 1. The van der Waals surface area contributed by atoms with E-state index in [1.54, 1.807) is 55.7 Å². The lowest BCUT2D eigenvalue weighted by Crippen LogP contribution is -1.94. The summed E-state index contributed by atoms with van der Waals surface area (Å²) in [5.74, 6) is 1.86. The third-order valence-corrected chi connectivity index (χ3v) is 5.00. The number of benzene rings is 3. The predicted molar refractivity (Wildman–Crippen MR) is 128 cm³/mol. The molecule has 3 rings (SSSR count). The van der Waals surface area contributed by atoms with Gasteiger partial charge in [-0.1, -0.05) is 0 Å². The second-order valence-corrected chi connectivity index (χ2v) is 6.95. The maximum Gasteiger partial charge on any atom is 0.126 e. The molecule has 0 saturated carbocycles. The third-order valence-electron chi connectivity index (χ3n) is 5.00. The second kappa shape index (κ2) is 10.6. The fourth-order valence-corrected chi connectivity index (χ4v) is 3.25. The van der Waals surface area contributed by atoms with Gasteiger partial charge in [0.25, 0.3) is 0 Å². The Morgan fingerprint density at radius 2 is 1.12 bits per heavy atom. The van der Waals surface area contributed by atoms with Crippen LogP contribution >= 0.6 is 0 Å². The van der Waals surface area contributed by atoms with Crippen molar-refractivity contribution in [2.45, 2.75) is 0 Å². The summed E-state index contributed by atoms with van der Waals surface area (Å²) >= 11 is 0. The fraction of sp³-hybridized carbons (Fsp3) is 0.111. The number of hydrogen-bond donors (Lipinski definition) is 1. The van der Waals surface area contributed by atoms with Gasteiger partial charge >= 0.3 is 0 Å². The molecule has 0 bridgehead atoms. The average Bonchev–Trinajstić information content (AvgIpc) is 2.86. The van der Waals surface area contributed by atoms with Crippen LogP contribution in [0.15, 0.2) is 60.7 Å². The van der Waals surface area contributed by atoms with Crippen LogP contribution in [0.3, 0.4) is 0 Å². The normalized spacial score (nSPS) is 11.3. The largest absolute Gasteiger partial charge is 0.508 e. The first kappa shape index (κ1) is 23.0. The summed E-state index contributed by atoms with van der Waals surface area (Å²) in [5.41, 5.74) is 3.53. The number of hydrogen-bond acceptors (Lipinski definition) is 6. The summed E-state index contributed by atoms with van der Waals surface area (Å²) in [7, 11) is 4.66. The monoisotopic (exact) mass is 438 g/mol. The molecule has 3 aromatic rings. The highest BCUT2D eigenvalue weighted by Gasteiger charge is 2.12. The van der Waals surface area contributed by atoms with Crippen molar-refractivity contribution < 1.29 is 19.3 Å². The molecule has 6 nitrogen and oxygen atoms in total. The van der Waals surface area contributed by atoms with E-state index in [1.807, 2.05) is 12.1 Å². The second-order valence-electron chi connectivity index (χ2n) is 6.95. The molecule has 0 atom stereocenters. The Labute approximate surface area is 192 Å². The van der Waals surface area contributed by atoms with E-state index in [1.165, 1.54) is 26.4 Å². The summed E-state index contributed by atoms with van der Waals surface area (Å²) in [6.45, 7) is 0. The molecule has 33 heavy (non-hydrogen) atoms. The molecule has 0 aliphatic carbocycles. The van der Waals surface area contributed by atoms with Crippen LogP contribution in [0.5, 0.6) is 23.0 Å². The van der Waals surface area contributed by atoms with Crippen LogP contribution in [0.4, 0.5) is 0 Å². The first-order chi connectivity index (χ1) is 16.0. The Morgan fingerprint density at radius 1 is 0.697 bits per heavy atom. The van der Waals surface area contributed by atoms with E-state index in [0.29, 0.717) is 45.1 Å². The van der Waals surface area contributed by atoms with Crippen LogP contribution < -0.4 is 14.2 Å². The van der Waals surface area contributed by atoms with Crippen molar-refractivity contribution in [3.8, 4) is 35.1 Å². The lowest BCUT2D eigenvalue weighted by atomic mass is 9.99. The summed E-state index contributed by atoms with van der Waals surface area (Å²) < 4.78 is 16.3. The van der Waals surface area contributed by atoms with Crippen molar-refractivity contribution in [3.05, 3.63) is 82.9 Å². The van der Waals surface area contributed by atoms with Crippen LogP contribution in [0.25, 0.3) is 23.3 Å². The molecule has 0 aromatic heterocycles. The average molecular weight is 438 g/mol. The van der Waals surface area contributed by atoms with Crippen molar-refractivity contribution >= 4 is 23.3 Å². The van der Waals surface area contributed by atoms with Gasteiger partial charge in [-0.3, -0.25) is 0 Å². The van der Waals surface area contributed by atoms with Crippen molar-refractivity contribution in [2.75, 3.05) is 21.3 Å². The molecule has 0 spiro atoms. The summed E-state index contributed by atoms with van der Waals surface area (Å²) in [4.78, 5) is 0. The first-order valence-corrected chi connectivity index (χ1v) is 9.96. The van der Waals surface area contributed by atoms with Crippen LogP contribution in [0.1, 0.15) is 22.3 Å². The molecule has 3 aromatic carbocycles. The van der Waals surface area contributed by atoms with Crippen LogP contribution in [-0.2, 0) is 0 Å². The van der Waals surface area contributed by atoms with Gasteiger partial charge in [0.1, 0.15) is 23.0 Å². The van der Waals surface area contributed by atoms with E-state index in [9.17, 15) is 15.6 Å². The number of phenols is 1. The van der Waals surface area contributed by atoms with Gasteiger partial charge in [-0.05, 0) is 83.9 Å². The molecule has 0 fully saturated rings. The molecular weight excluding hydrogens is 416 g/mol. The van der Waals surface area contributed by atoms with Crippen LogP contribution in [0, 0.1) is 22.7 Å². The van der Waals surface area contributed by atoms with Crippen molar-refractivity contribution in [1.29, 1.82) is 10.5 Å². The number of nitrogens with zero attached hydrogens (tertiary/aromatic N) is 2. The lowest BCUT2D eigenvalue weighted by Gasteiger charge is -2.12. The van der Waals surface area contributed by atoms with E-state index in [2.05, 4.69) is 12.1 Å². The number of aromatic hydroxyl groups is 1. The molecule has 0 aliphatic rings. The Morgan fingerprint density at radius 3 is 1.48 bits per heavy atom. The number of allylic oxidation sites excluding steroid dienone is 2. The smallest absolute Gasteiger partial charge is 0.126 e. The van der Waals surface area contributed by atoms with Gasteiger partial charge < -0.3 is 19.3 Å². The van der Waals surface area contributed by atoms with Crippen molar-refractivity contribution in [3.63, 3.8) is 0 Å². The molecule has 0 unspecified atom stereocenters. The minimum atomic E-state index is 0.122. The molecule has 6 heteroatoms. The zero-order valence-corrected chi connectivity index (χ0v) is 18.5. The Balaban J connectivity index is 2.08. The minimum absolute atomic E-state index is 0.122. The topological polar surface area (TPSA) is 95.5 Å². The predicted octanol–water partition coefficient (Wildman–Crippen LogP) is 5.55. The molecule has 0 heterocycles. The summed E-state index contributed by atoms with van der Waals surface area (Å²) in [5, 5.41) is 28.9. The van der Waals surface area contributed by atoms with Gasteiger partial charge in [0, 0.05) is 11.1 Å². The fourth-order valence-electron chi connectivity index (χ4n) is 3.25. The van der Waals surface area contributed by atoms with Crippen LogP contribution in [0.2, 0.25) is 0 Å². The van der Waals surface area contributed by atoms with Gasteiger partial charge in [-0.2, -0.15) is 10.5 Å². The summed E-state index contributed by atoms with van der Waals surface area (Å²) in [6.07, 6.45) is 3.41. The number of rotatable bonds is 7. The number of nitriles is 2. The van der Waals surface area contributed by atoms with E-state index in [0.717, 1.165) is 5.56 Å². The lowest BCUT2D eigenvalue weighted by molar-refractivity contribution is 0.401. The Hall–Kier alpha value is -4.68. The molecule has 164 valence electrons. The standard InChI is InChI=1S/C27H22N2O4/c1-31-25-10-6-19(7-11-25)23(17-29)13-21-15-26(32-2)20(14-27(21)33-3)12-22(16-28)18-4-8-24(30)9-5-18/h4-15,30H,1-3H3/b22-12+,23-13+. The first-order valence-electron chi connectivity index (χ1n) is 9.96. The van der Waals surface area contributed by atoms with Gasteiger partial charge in [-0.25, -0.2) is 0 Å². The zero-order chi connectivity index (χ0) is 23.8. The van der Waals surface area contributed by atoms with E-state index >= 15 is 0 Å². The highest BCUT2D eigenvalue weighted by Crippen LogP contribution is 2.34. The molecular formula is C27H22N2O4. The highest BCUT2D eigenvalue weighted by atomic mass is 16.5. The zero-order valence-electron chi connectivity index (χ0n) is 18.5. The van der Waals surface area contributed by atoms with Crippen molar-refractivity contribution in [2.24, 2.45) is 0 Å².